The lowest BCUT2D eigenvalue weighted by molar-refractivity contribution is 0.592. The van der Waals surface area contributed by atoms with E-state index < -0.39 is 0 Å². The predicted octanol–water partition coefficient (Wildman–Crippen LogP) is 4.73. The lowest BCUT2D eigenvalue weighted by Gasteiger charge is -2.23. The van der Waals surface area contributed by atoms with Crippen LogP contribution in [0.3, 0.4) is 0 Å². The van der Waals surface area contributed by atoms with Crippen LogP contribution in [0.5, 0.6) is 0 Å². The second-order valence-corrected chi connectivity index (χ2v) is 5.29. The first-order valence-electron chi connectivity index (χ1n) is 5.99. The maximum Gasteiger partial charge on any atom is 0.0422 e. The summed E-state index contributed by atoms with van der Waals surface area (Å²) in [5.74, 6) is 0. The van der Waals surface area contributed by atoms with Crippen LogP contribution in [0.15, 0.2) is 54.6 Å². The van der Waals surface area contributed by atoms with Crippen molar-refractivity contribution in [3.8, 4) is 0 Å². The highest BCUT2D eigenvalue weighted by Crippen LogP contribution is 2.30. The Hall–Kier alpha value is -1.76. The molecule has 0 fully saturated rings. The number of benzene rings is 2. The zero-order valence-corrected chi connectivity index (χ0v) is 10.7. The monoisotopic (exact) mass is 225 g/mol. The summed E-state index contributed by atoms with van der Waals surface area (Å²) in [6.07, 6.45) is 0. The zero-order chi connectivity index (χ0) is 12.3. The molecule has 2 aromatic carbocycles. The molecule has 88 valence electrons. The van der Waals surface area contributed by atoms with Crippen molar-refractivity contribution < 1.29 is 0 Å². The van der Waals surface area contributed by atoms with Gasteiger partial charge in [-0.05, 0) is 29.2 Å². The minimum atomic E-state index is 0.151. The molecule has 0 radical (unpaired) electrons. The summed E-state index contributed by atoms with van der Waals surface area (Å²) in [4.78, 5) is 0. The van der Waals surface area contributed by atoms with Gasteiger partial charge in [0.25, 0.3) is 0 Å². The topological polar surface area (TPSA) is 12.0 Å². The summed E-state index contributed by atoms with van der Waals surface area (Å²) in [5.41, 5.74) is 3.80. The van der Waals surface area contributed by atoms with Crippen molar-refractivity contribution in [3.05, 3.63) is 60.2 Å². The van der Waals surface area contributed by atoms with Gasteiger partial charge in [-0.25, -0.2) is 0 Å². The van der Waals surface area contributed by atoms with E-state index in [9.17, 15) is 0 Å². The summed E-state index contributed by atoms with van der Waals surface area (Å²) in [7, 11) is 0. The average molecular weight is 225 g/mol. The van der Waals surface area contributed by atoms with Gasteiger partial charge in [0.2, 0.25) is 0 Å². The third-order valence-corrected chi connectivity index (χ3v) is 2.79. The molecule has 2 rings (SSSR count). The first kappa shape index (κ1) is 11.7. The van der Waals surface area contributed by atoms with Crippen LogP contribution < -0.4 is 5.32 Å². The van der Waals surface area contributed by atoms with Crippen LogP contribution in [0.4, 0.5) is 11.4 Å². The normalized spacial score (nSPS) is 11.2. The van der Waals surface area contributed by atoms with E-state index in [1.807, 2.05) is 18.2 Å². The molecule has 1 N–H and O–H groups in total. The molecule has 0 unspecified atom stereocenters. The van der Waals surface area contributed by atoms with Crippen LogP contribution in [-0.4, -0.2) is 0 Å². The smallest absolute Gasteiger partial charge is 0.0422 e. The standard InChI is InChI=1S/C16H19N/c1-16(2,3)14-11-7-8-12-15(14)17-13-9-5-4-6-10-13/h4-12,17H,1-3H3. The van der Waals surface area contributed by atoms with E-state index in [2.05, 4.69) is 62.5 Å². The molecule has 2 aromatic rings. The Balaban J connectivity index is 2.34. The number of anilines is 2. The lowest BCUT2D eigenvalue weighted by atomic mass is 9.86. The molecule has 0 saturated heterocycles. The minimum absolute atomic E-state index is 0.151. The Morgan fingerprint density at radius 1 is 0.765 bits per heavy atom. The zero-order valence-electron chi connectivity index (χ0n) is 10.7. The molecular formula is C16H19N. The summed E-state index contributed by atoms with van der Waals surface area (Å²) in [6.45, 7) is 6.70. The molecule has 0 amide bonds. The highest BCUT2D eigenvalue weighted by molar-refractivity contribution is 5.64. The Morgan fingerprint density at radius 3 is 2.00 bits per heavy atom. The minimum Gasteiger partial charge on any atom is -0.355 e. The molecule has 0 bridgehead atoms. The van der Waals surface area contributed by atoms with Crippen LogP contribution in [0.2, 0.25) is 0 Å². The van der Waals surface area contributed by atoms with Crippen molar-refractivity contribution in [3.63, 3.8) is 0 Å². The summed E-state index contributed by atoms with van der Waals surface area (Å²) < 4.78 is 0. The van der Waals surface area contributed by atoms with E-state index in [0.717, 1.165) is 5.69 Å². The molecule has 0 heterocycles. The number of hydrogen-bond donors (Lipinski definition) is 1. The van der Waals surface area contributed by atoms with Gasteiger partial charge in [-0.2, -0.15) is 0 Å². The molecule has 1 nitrogen and oxygen atoms in total. The van der Waals surface area contributed by atoms with Crippen LogP contribution in [0, 0.1) is 0 Å². The first-order valence-corrected chi connectivity index (χ1v) is 5.99. The molecule has 0 aliphatic rings. The average Bonchev–Trinajstić information content (AvgIpc) is 2.30. The molecule has 0 saturated carbocycles. The van der Waals surface area contributed by atoms with Crippen molar-refractivity contribution in [2.24, 2.45) is 0 Å². The van der Waals surface area contributed by atoms with Gasteiger partial charge in [-0.3, -0.25) is 0 Å². The third kappa shape index (κ3) is 2.88. The Bertz CT molecular complexity index is 480. The number of nitrogens with one attached hydrogen (secondary N) is 1. The van der Waals surface area contributed by atoms with Crippen molar-refractivity contribution in [2.45, 2.75) is 26.2 Å². The fraction of sp³-hybridized carbons (Fsp3) is 0.250. The van der Waals surface area contributed by atoms with E-state index in [1.54, 1.807) is 0 Å². The number of rotatable bonds is 2. The largest absolute Gasteiger partial charge is 0.355 e. The van der Waals surface area contributed by atoms with Crippen molar-refractivity contribution in [1.29, 1.82) is 0 Å². The van der Waals surface area contributed by atoms with Crippen LogP contribution in [-0.2, 0) is 5.41 Å². The molecule has 0 aliphatic carbocycles. The van der Waals surface area contributed by atoms with Crippen molar-refractivity contribution in [2.75, 3.05) is 5.32 Å². The van der Waals surface area contributed by atoms with Crippen molar-refractivity contribution >= 4 is 11.4 Å². The quantitative estimate of drug-likeness (QED) is 0.779. The van der Waals surface area contributed by atoms with Gasteiger partial charge in [-0.15, -0.1) is 0 Å². The third-order valence-electron chi connectivity index (χ3n) is 2.79. The second-order valence-electron chi connectivity index (χ2n) is 5.29. The van der Waals surface area contributed by atoms with Gasteiger partial charge in [0, 0.05) is 11.4 Å². The summed E-state index contributed by atoms with van der Waals surface area (Å²) in [6, 6.07) is 18.8. The van der Waals surface area contributed by atoms with E-state index in [0.29, 0.717) is 0 Å². The SMILES string of the molecule is CC(C)(C)c1ccccc1Nc1ccccc1. The molecule has 0 atom stereocenters. The number of hydrogen-bond acceptors (Lipinski definition) is 1. The van der Waals surface area contributed by atoms with Crippen molar-refractivity contribution in [1.82, 2.24) is 0 Å². The van der Waals surface area contributed by atoms with E-state index in [-0.39, 0.29) is 5.41 Å². The molecule has 1 heteroatoms. The Morgan fingerprint density at radius 2 is 1.35 bits per heavy atom. The van der Waals surface area contributed by atoms with Gasteiger partial charge in [-0.1, -0.05) is 57.2 Å². The van der Waals surface area contributed by atoms with Gasteiger partial charge >= 0.3 is 0 Å². The Kier molecular flexibility index (Phi) is 3.19. The van der Waals surface area contributed by atoms with Gasteiger partial charge in [0.15, 0.2) is 0 Å². The molecule has 0 aliphatic heterocycles. The fourth-order valence-electron chi connectivity index (χ4n) is 1.92. The Labute approximate surface area is 103 Å². The van der Waals surface area contributed by atoms with Crippen LogP contribution in [0.1, 0.15) is 26.3 Å². The fourth-order valence-corrected chi connectivity index (χ4v) is 1.92. The molecule has 0 spiro atoms. The van der Waals surface area contributed by atoms with E-state index >= 15 is 0 Å². The highest BCUT2D eigenvalue weighted by Gasteiger charge is 2.17. The summed E-state index contributed by atoms with van der Waals surface area (Å²) >= 11 is 0. The second kappa shape index (κ2) is 4.62. The number of para-hydroxylation sites is 2. The molecule has 17 heavy (non-hydrogen) atoms. The predicted molar refractivity (Wildman–Crippen MR) is 74.9 cm³/mol. The molecular weight excluding hydrogens is 206 g/mol. The van der Waals surface area contributed by atoms with Crippen LogP contribution in [0.25, 0.3) is 0 Å². The summed E-state index contributed by atoms with van der Waals surface area (Å²) in [5, 5.41) is 3.48. The van der Waals surface area contributed by atoms with E-state index in [1.165, 1.54) is 11.3 Å². The van der Waals surface area contributed by atoms with Gasteiger partial charge < -0.3 is 5.32 Å². The maximum atomic E-state index is 3.48. The van der Waals surface area contributed by atoms with E-state index in [4.69, 9.17) is 0 Å². The highest BCUT2D eigenvalue weighted by atomic mass is 14.9. The molecule has 0 aromatic heterocycles. The van der Waals surface area contributed by atoms with Crippen LogP contribution >= 0.6 is 0 Å². The van der Waals surface area contributed by atoms with Gasteiger partial charge in [0.05, 0.1) is 0 Å². The maximum absolute atomic E-state index is 3.48. The lowest BCUT2D eigenvalue weighted by Crippen LogP contribution is -2.13. The van der Waals surface area contributed by atoms with Gasteiger partial charge in [0.1, 0.15) is 0 Å². The first-order chi connectivity index (χ1) is 8.07.